The van der Waals surface area contributed by atoms with Crippen LogP contribution in [-0.4, -0.2) is 64.6 Å². The van der Waals surface area contributed by atoms with Crippen molar-refractivity contribution < 1.29 is 23.9 Å². The van der Waals surface area contributed by atoms with E-state index in [1.54, 1.807) is 18.2 Å². The molecule has 0 saturated carbocycles. The van der Waals surface area contributed by atoms with Crippen LogP contribution < -0.4 is 19.8 Å². The zero-order valence-electron chi connectivity index (χ0n) is 20.9. The number of imidazole rings is 2. The van der Waals surface area contributed by atoms with Crippen molar-refractivity contribution in [2.75, 3.05) is 44.1 Å². The molecule has 0 spiro atoms. The molecule has 0 aliphatic carbocycles. The Bertz CT molecular complexity index is 1350. The number of aliphatic hydroxyl groups is 1. The molecule has 0 unspecified atom stereocenters. The van der Waals surface area contributed by atoms with Crippen molar-refractivity contribution in [1.29, 1.82) is 0 Å². The maximum Gasteiger partial charge on any atom is 0.273 e. The molecule has 0 saturated heterocycles. The molecular weight excluding hydrogens is 479 g/mol. The molecule has 11 heteroatoms. The van der Waals surface area contributed by atoms with Crippen molar-refractivity contribution in [3.8, 4) is 28.5 Å². The van der Waals surface area contributed by atoms with Gasteiger partial charge < -0.3 is 29.9 Å². The lowest BCUT2D eigenvalue weighted by atomic mass is 10.1. The summed E-state index contributed by atoms with van der Waals surface area (Å²) in [6.07, 6.45) is 3.81. The number of aromatic nitrogens is 4. The topological polar surface area (TPSA) is 118 Å². The minimum Gasteiger partial charge on any atom is -0.494 e. The van der Waals surface area contributed by atoms with Gasteiger partial charge in [0.15, 0.2) is 11.5 Å². The summed E-state index contributed by atoms with van der Waals surface area (Å²) >= 11 is 0. The summed E-state index contributed by atoms with van der Waals surface area (Å²) in [5.74, 6) is 0.0618. The summed E-state index contributed by atoms with van der Waals surface area (Å²) in [7, 11) is 3.01. The lowest BCUT2D eigenvalue weighted by Gasteiger charge is -2.24. The van der Waals surface area contributed by atoms with Gasteiger partial charge in [-0.15, -0.1) is 0 Å². The van der Waals surface area contributed by atoms with Crippen LogP contribution in [-0.2, 0) is 0 Å². The van der Waals surface area contributed by atoms with Gasteiger partial charge >= 0.3 is 0 Å². The van der Waals surface area contributed by atoms with Crippen molar-refractivity contribution in [3.05, 3.63) is 66.5 Å². The number of anilines is 2. The van der Waals surface area contributed by atoms with Gasteiger partial charge in [-0.05, 0) is 42.8 Å². The van der Waals surface area contributed by atoms with Crippen LogP contribution in [0.15, 0.2) is 55.0 Å². The van der Waals surface area contributed by atoms with E-state index in [1.807, 2.05) is 17.0 Å². The van der Waals surface area contributed by atoms with Crippen LogP contribution in [0, 0.1) is 5.82 Å². The number of hydrogen-bond donors (Lipinski definition) is 3. The standard InChI is InChI=1S/C26H29FN6O4/c1-4-11-32(12-13-34)19-9-10-20(22(14-19)36-2)31-26(35)21-15-28-25(30-21)24-23(29-16-33(24)37-3)17-5-7-18(27)8-6-17/h5-10,14-16,34H,4,11-13H2,1-3H3,(H,28,30)(H,31,35). The highest BCUT2D eigenvalue weighted by Gasteiger charge is 2.21. The number of nitrogens with zero attached hydrogens (tertiary/aromatic N) is 4. The van der Waals surface area contributed by atoms with Gasteiger partial charge in [0.2, 0.25) is 0 Å². The van der Waals surface area contributed by atoms with Crippen molar-refractivity contribution >= 4 is 17.3 Å². The molecule has 2 aromatic heterocycles. The summed E-state index contributed by atoms with van der Waals surface area (Å²) in [4.78, 5) is 32.2. The number of halogens is 1. The predicted octanol–water partition coefficient (Wildman–Crippen LogP) is 3.61. The summed E-state index contributed by atoms with van der Waals surface area (Å²) in [5.41, 5.74) is 3.24. The number of methoxy groups -OCH3 is 1. The van der Waals surface area contributed by atoms with Crippen LogP contribution >= 0.6 is 0 Å². The zero-order valence-corrected chi connectivity index (χ0v) is 20.9. The number of H-pyrrole nitrogens is 1. The highest BCUT2D eigenvalue weighted by Crippen LogP contribution is 2.31. The molecule has 3 N–H and O–H groups in total. The SMILES string of the molecule is CCCN(CCO)c1ccc(NC(=O)c2cnc(-c3c(-c4ccc(F)cc4)ncn3OC)[nH]2)c(OC)c1. The van der Waals surface area contributed by atoms with E-state index in [-0.39, 0.29) is 18.1 Å². The number of benzene rings is 2. The number of aliphatic hydroxyl groups excluding tert-OH is 1. The van der Waals surface area contributed by atoms with Crippen LogP contribution in [0.2, 0.25) is 0 Å². The first kappa shape index (κ1) is 25.7. The molecule has 2 heterocycles. The Labute approximate surface area is 213 Å². The highest BCUT2D eigenvalue weighted by atomic mass is 19.1. The van der Waals surface area contributed by atoms with E-state index < -0.39 is 5.91 Å². The van der Waals surface area contributed by atoms with E-state index in [0.29, 0.717) is 40.8 Å². The fourth-order valence-electron chi connectivity index (χ4n) is 3.99. The Hall–Kier alpha value is -4.38. The second-order valence-electron chi connectivity index (χ2n) is 8.15. The van der Waals surface area contributed by atoms with Gasteiger partial charge in [0.1, 0.15) is 36.4 Å². The van der Waals surface area contributed by atoms with Crippen LogP contribution in [0.1, 0.15) is 23.8 Å². The van der Waals surface area contributed by atoms with Gasteiger partial charge in [0, 0.05) is 30.4 Å². The second kappa shape index (κ2) is 11.6. The molecule has 0 aliphatic rings. The Kier molecular flexibility index (Phi) is 8.04. The van der Waals surface area contributed by atoms with Crippen LogP contribution in [0.4, 0.5) is 15.8 Å². The van der Waals surface area contributed by atoms with E-state index >= 15 is 0 Å². The Morgan fingerprint density at radius 1 is 1.16 bits per heavy atom. The maximum atomic E-state index is 13.4. The van der Waals surface area contributed by atoms with E-state index in [9.17, 15) is 14.3 Å². The van der Waals surface area contributed by atoms with Gasteiger partial charge in [-0.3, -0.25) is 4.79 Å². The van der Waals surface area contributed by atoms with Crippen molar-refractivity contribution in [2.45, 2.75) is 13.3 Å². The van der Waals surface area contributed by atoms with Gasteiger partial charge in [-0.1, -0.05) is 6.92 Å². The van der Waals surface area contributed by atoms with Gasteiger partial charge in [0.05, 0.1) is 25.6 Å². The second-order valence-corrected chi connectivity index (χ2v) is 8.15. The first-order valence-corrected chi connectivity index (χ1v) is 11.8. The Morgan fingerprint density at radius 2 is 1.95 bits per heavy atom. The van der Waals surface area contributed by atoms with Crippen LogP contribution in [0.5, 0.6) is 5.75 Å². The monoisotopic (exact) mass is 508 g/mol. The molecule has 0 radical (unpaired) electrons. The van der Waals surface area contributed by atoms with Crippen molar-refractivity contribution in [1.82, 2.24) is 19.7 Å². The quantitative estimate of drug-likeness (QED) is 0.283. The number of aromatic amines is 1. The third kappa shape index (κ3) is 5.56. The van der Waals surface area contributed by atoms with Crippen LogP contribution in [0.3, 0.4) is 0 Å². The van der Waals surface area contributed by atoms with E-state index in [0.717, 1.165) is 18.7 Å². The number of hydrogen-bond acceptors (Lipinski definition) is 7. The summed E-state index contributed by atoms with van der Waals surface area (Å²) in [6, 6.07) is 11.4. The van der Waals surface area contributed by atoms with Gasteiger partial charge in [0.25, 0.3) is 5.91 Å². The lowest BCUT2D eigenvalue weighted by molar-refractivity contribution is 0.102. The Balaban J connectivity index is 1.59. The molecule has 2 aromatic carbocycles. The fraction of sp³-hybridized carbons (Fsp3) is 0.269. The summed E-state index contributed by atoms with van der Waals surface area (Å²) in [5, 5.41) is 12.2. The summed E-state index contributed by atoms with van der Waals surface area (Å²) in [6.45, 7) is 3.38. The molecule has 0 atom stereocenters. The first-order valence-electron chi connectivity index (χ1n) is 11.8. The number of rotatable bonds is 11. The number of ether oxygens (including phenoxy) is 1. The number of carbonyl (C=O) groups excluding carboxylic acids is 1. The third-order valence-corrected chi connectivity index (χ3v) is 5.76. The molecule has 1 amide bonds. The van der Waals surface area contributed by atoms with Crippen molar-refractivity contribution in [2.24, 2.45) is 0 Å². The predicted molar refractivity (Wildman–Crippen MR) is 138 cm³/mol. The molecule has 194 valence electrons. The van der Waals surface area contributed by atoms with E-state index in [2.05, 4.69) is 27.2 Å². The molecule has 4 rings (SSSR count). The van der Waals surface area contributed by atoms with Crippen molar-refractivity contribution in [3.63, 3.8) is 0 Å². The highest BCUT2D eigenvalue weighted by molar-refractivity contribution is 6.04. The zero-order chi connectivity index (χ0) is 26.4. The largest absolute Gasteiger partial charge is 0.494 e. The number of carbonyl (C=O) groups is 1. The van der Waals surface area contributed by atoms with Gasteiger partial charge in [-0.25, -0.2) is 14.4 Å². The van der Waals surface area contributed by atoms with Crippen LogP contribution in [0.25, 0.3) is 22.8 Å². The molecule has 4 aromatic rings. The minimum absolute atomic E-state index is 0.0355. The Morgan fingerprint density at radius 3 is 2.62 bits per heavy atom. The van der Waals surface area contributed by atoms with E-state index in [4.69, 9.17) is 9.57 Å². The molecule has 0 aliphatic heterocycles. The van der Waals surface area contributed by atoms with Gasteiger partial charge in [-0.2, -0.15) is 4.73 Å². The molecule has 10 nitrogen and oxygen atoms in total. The summed E-state index contributed by atoms with van der Waals surface area (Å²) < 4.78 is 20.3. The first-order chi connectivity index (χ1) is 18.0. The fourth-order valence-corrected chi connectivity index (χ4v) is 3.99. The van der Waals surface area contributed by atoms with E-state index in [1.165, 1.54) is 43.6 Å². The average Bonchev–Trinajstić information content (AvgIpc) is 3.56. The molecule has 0 bridgehead atoms. The number of nitrogens with one attached hydrogen (secondary N) is 2. The molecule has 0 fully saturated rings. The third-order valence-electron chi connectivity index (χ3n) is 5.76. The average molecular weight is 509 g/mol. The maximum absolute atomic E-state index is 13.4. The molecule has 37 heavy (non-hydrogen) atoms. The smallest absolute Gasteiger partial charge is 0.273 e. The normalized spacial score (nSPS) is 10.8. The minimum atomic E-state index is -0.419. The lowest BCUT2D eigenvalue weighted by Crippen LogP contribution is -2.27. The molecular formula is C26H29FN6O4. The number of amides is 1.